The SMILES string of the molecule is CCOc1ccc(N(CCCC(=O)N(Cc2ccccc2)[C@@H](C)C(=O)NC2CCCCC2)S(C)(=O)=O)cc1. The van der Waals surface area contributed by atoms with Gasteiger partial charge in [-0.3, -0.25) is 13.9 Å². The number of amides is 2. The molecule has 0 saturated heterocycles. The third kappa shape index (κ3) is 8.75. The zero-order valence-electron chi connectivity index (χ0n) is 22.8. The average molecular weight is 544 g/mol. The van der Waals surface area contributed by atoms with Gasteiger partial charge in [0.2, 0.25) is 21.8 Å². The maximum absolute atomic E-state index is 13.4. The van der Waals surface area contributed by atoms with Crippen LogP contribution < -0.4 is 14.4 Å². The van der Waals surface area contributed by atoms with Crippen LogP contribution in [-0.4, -0.2) is 56.6 Å². The summed E-state index contributed by atoms with van der Waals surface area (Å²) in [6.07, 6.45) is 6.95. The van der Waals surface area contributed by atoms with E-state index in [4.69, 9.17) is 4.74 Å². The minimum atomic E-state index is -3.55. The maximum atomic E-state index is 13.4. The molecule has 2 aromatic rings. The van der Waals surface area contributed by atoms with Gasteiger partial charge < -0.3 is 15.0 Å². The maximum Gasteiger partial charge on any atom is 0.242 e. The summed E-state index contributed by atoms with van der Waals surface area (Å²) in [6, 6.07) is 16.0. The highest BCUT2D eigenvalue weighted by atomic mass is 32.2. The molecular weight excluding hydrogens is 502 g/mol. The Hall–Kier alpha value is -3.07. The van der Waals surface area contributed by atoms with E-state index in [0.717, 1.165) is 37.5 Å². The van der Waals surface area contributed by atoms with E-state index in [0.29, 0.717) is 31.0 Å². The molecule has 3 rings (SSSR count). The average Bonchev–Trinajstić information content (AvgIpc) is 2.90. The lowest BCUT2D eigenvalue weighted by molar-refractivity contribution is -0.141. The fourth-order valence-electron chi connectivity index (χ4n) is 4.81. The number of ether oxygens (including phenoxy) is 1. The molecule has 0 heterocycles. The molecule has 1 aliphatic rings. The highest BCUT2D eigenvalue weighted by Gasteiger charge is 2.28. The summed E-state index contributed by atoms with van der Waals surface area (Å²) in [6.45, 7) is 4.64. The minimum Gasteiger partial charge on any atom is -0.494 e. The van der Waals surface area contributed by atoms with Crippen LogP contribution in [0.5, 0.6) is 5.75 Å². The number of hydrogen-bond acceptors (Lipinski definition) is 5. The van der Waals surface area contributed by atoms with Crippen molar-refractivity contribution in [2.24, 2.45) is 0 Å². The third-order valence-electron chi connectivity index (χ3n) is 6.90. The predicted octanol–water partition coefficient (Wildman–Crippen LogP) is 4.50. The molecule has 1 atom stereocenters. The number of nitrogens with one attached hydrogen (secondary N) is 1. The summed E-state index contributed by atoms with van der Waals surface area (Å²) >= 11 is 0. The van der Waals surface area contributed by atoms with Crippen LogP contribution in [-0.2, 0) is 26.2 Å². The second kappa shape index (κ2) is 14.2. The molecule has 0 spiro atoms. The minimum absolute atomic E-state index is 0.122. The van der Waals surface area contributed by atoms with Crippen LogP contribution >= 0.6 is 0 Å². The van der Waals surface area contributed by atoms with Crippen molar-refractivity contribution in [2.45, 2.75) is 77.4 Å². The highest BCUT2D eigenvalue weighted by molar-refractivity contribution is 7.92. The van der Waals surface area contributed by atoms with Crippen molar-refractivity contribution in [3.63, 3.8) is 0 Å². The lowest BCUT2D eigenvalue weighted by Crippen LogP contribution is -2.50. The molecule has 2 aromatic carbocycles. The van der Waals surface area contributed by atoms with Gasteiger partial charge in [-0.05, 0) is 62.9 Å². The van der Waals surface area contributed by atoms with Crippen LogP contribution in [0.1, 0.15) is 64.4 Å². The Morgan fingerprint density at radius 3 is 2.29 bits per heavy atom. The summed E-state index contributed by atoms with van der Waals surface area (Å²) in [4.78, 5) is 28.2. The van der Waals surface area contributed by atoms with E-state index in [1.807, 2.05) is 37.3 Å². The predicted molar refractivity (Wildman–Crippen MR) is 151 cm³/mol. The number of sulfonamides is 1. The molecule has 2 amide bonds. The van der Waals surface area contributed by atoms with Gasteiger partial charge in [-0.25, -0.2) is 8.42 Å². The van der Waals surface area contributed by atoms with E-state index in [2.05, 4.69) is 5.32 Å². The summed E-state index contributed by atoms with van der Waals surface area (Å²) in [5.41, 5.74) is 1.45. The molecule has 38 heavy (non-hydrogen) atoms. The highest BCUT2D eigenvalue weighted by Crippen LogP contribution is 2.23. The topological polar surface area (TPSA) is 96.0 Å². The number of rotatable bonds is 13. The van der Waals surface area contributed by atoms with Gasteiger partial charge in [0.25, 0.3) is 0 Å². The Labute approximate surface area is 227 Å². The fraction of sp³-hybridized carbons (Fsp3) is 0.517. The molecule has 0 aromatic heterocycles. The number of hydrogen-bond donors (Lipinski definition) is 1. The number of carbonyl (C=O) groups excluding carboxylic acids is 2. The van der Waals surface area contributed by atoms with Gasteiger partial charge in [0.15, 0.2) is 0 Å². The summed E-state index contributed by atoms with van der Waals surface area (Å²) in [7, 11) is -3.55. The van der Waals surface area contributed by atoms with E-state index in [-0.39, 0.29) is 30.8 Å². The quantitative estimate of drug-likeness (QED) is 0.401. The monoisotopic (exact) mass is 543 g/mol. The Morgan fingerprint density at radius 2 is 1.68 bits per heavy atom. The first-order valence-electron chi connectivity index (χ1n) is 13.5. The van der Waals surface area contributed by atoms with Gasteiger partial charge in [0, 0.05) is 25.6 Å². The Morgan fingerprint density at radius 1 is 1.03 bits per heavy atom. The van der Waals surface area contributed by atoms with E-state index in [1.165, 1.54) is 10.7 Å². The number of benzene rings is 2. The normalized spacial score (nSPS) is 14.9. The first-order chi connectivity index (χ1) is 18.2. The second-order valence-corrected chi connectivity index (χ2v) is 11.8. The zero-order chi connectivity index (χ0) is 27.5. The second-order valence-electron chi connectivity index (χ2n) is 9.89. The van der Waals surface area contributed by atoms with Crippen molar-refractivity contribution < 1.29 is 22.7 Å². The van der Waals surface area contributed by atoms with E-state index in [9.17, 15) is 18.0 Å². The molecule has 1 saturated carbocycles. The van der Waals surface area contributed by atoms with Crippen molar-refractivity contribution in [3.05, 3.63) is 60.2 Å². The van der Waals surface area contributed by atoms with Gasteiger partial charge in [-0.15, -0.1) is 0 Å². The summed E-state index contributed by atoms with van der Waals surface area (Å²) < 4.78 is 31.8. The van der Waals surface area contributed by atoms with Crippen LogP contribution in [0.15, 0.2) is 54.6 Å². The molecule has 0 unspecified atom stereocenters. The Balaban J connectivity index is 1.68. The molecule has 1 fully saturated rings. The number of carbonyl (C=O) groups is 2. The molecule has 0 aliphatic heterocycles. The van der Waals surface area contributed by atoms with E-state index in [1.54, 1.807) is 36.1 Å². The van der Waals surface area contributed by atoms with Crippen molar-refractivity contribution in [1.82, 2.24) is 10.2 Å². The van der Waals surface area contributed by atoms with Gasteiger partial charge in [-0.2, -0.15) is 0 Å². The van der Waals surface area contributed by atoms with Crippen molar-refractivity contribution in [1.29, 1.82) is 0 Å². The molecule has 9 heteroatoms. The molecule has 8 nitrogen and oxygen atoms in total. The number of nitrogens with zero attached hydrogens (tertiary/aromatic N) is 2. The van der Waals surface area contributed by atoms with Gasteiger partial charge >= 0.3 is 0 Å². The van der Waals surface area contributed by atoms with E-state index < -0.39 is 16.1 Å². The van der Waals surface area contributed by atoms with Crippen LogP contribution in [0.25, 0.3) is 0 Å². The Kier molecular flexibility index (Phi) is 11.0. The molecule has 0 bridgehead atoms. The first-order valence-corrected chi connectivity index (χ1v) is 15.4. The van der Waals surface area contributed by atoms with Gasteiger partial charge in [-0.1, -0.05) is 49.6 Å². The van der Waals surface area contributed by atoms with Crippen LogP contribution in [0.2, 0.25) is 0 Å². The van der Waals surface area contributed by atoms with Crippen LogP contribution in [0.4, 0.5) is 5.69 Å². The lowest BCUT2D eigenvalue weighted by atomic mass is 9.95. The molecule has 1 N–H and O–H groups in total. The molecule has 0 radical (unpaired) electrons. The lowest BCUT2D eigenvalue weighted by Gasteiger charge is -2.31. The molecule has 208 valence electrons. The third-order valence-corrected chi connectivity index (χ3v) is 8.10. The standard InChI is InChI=1S/C29H41N3O5S/c1-4-37-27-19-17-26(18-20-27)32(38(3,35)36)21-11-16-28(33)31(22-24-12-7-5-8-13-24)23(2)29(34)30-25-14-9-6-10-15-25/h5,7-8,12-13,17-20,23,25H,4,6,9-11,14-16,21-22H2,1-3H3,(H,30,34)/t23-/m0/s1. The van der Waals surface area contributed by atoms with Crippen molar-refractivity contribution in [3.8, 4) is 5.75 Å². The smallest absolute Gasteiger partial charge is 0.242 e. The van der Waals surface area contributed by atoms with Crippen LogP contribution in [0, 0.1) is 0 Å². The largest absolute Gasteiger partial charge is 0.494 e. The van der Waals surface area contributed by atoms with Crippen LogP contribution in [0.3, 0.4) is 0 Å². The molecular formula is C29H41N3O5S. The fourth-order valence-corrected chi connectivity index (χ4v) is 5.78. The van der Waals surface area contributed by atoms with Crippen molar-refractivity contribution >= 4 is 27.5 Å². The zero-order valence-corrected chi connectivity index (χ0v) is 23.6. The summed E-state index contributed by atoms with van der Waals surface area (Å²) in [5.74, 6) is 0.338. The van der Waals surface area contributed by atoms with Gasteiger partial charge in [0.05, 0.1) is 18.6 Å². The molecule has 1 aliphatic carbocycles. The van der Waals surface area contributed by atoms with Crippen molar-refractivity contribution in [2.75, 3.05) is 23.7 Å². The van der Waals surface area contributed by atoms with E-state index >= 15 is 0 Å². The summed E-state index contributed by atoms with van der Waals surface area (Å²) in [5, 5.41) is 3.14. The Bertz CT molecular complexity index is 1130. The number of anilines is 1. The van der Waals surface area contributed by atoms with Gasteiger partial charge in [0.1, 0.15) is 11.8 Å². The first kappa shape index (κ1) is 29.5.